The molecule has 0 bridgehead atoms. The minimum Gasteiger partial charge on any atom is -0.481 e. The van der Waals surface area contributed by atoms with Crippen LogP contribution in [0.3, 0.4) is 0 Å². The summed E-state index contributed by atoms with van der Waals surface area (Å²) in [5, 5.41) is 8.54. The predicted molar refractivity (Wildman–Crippen MR) is 67.7 cm³/mol. The Hall–Kier alpha value is -1.89. The van der Waals surface area contributed by atoms with Crippen LogP contribution in [0.15, 0.2) is 27.5 Å². The van der Waals surface area contributed by atoms with Crippen LogP contribution in [0.1, 0.15) is 18.7 Å². The van der Waals surface area contributed by atoms with Gasteiger partial charge in [0.1, 0.15) is 5.52 Å². The topological polar surface area (TPSA) is 97.5 Å². The van der Waals surface area contributed by atoms with Crippen LogP contribution in [-0.2, 0) is 21.1 Å². The van der Waals surface area contributed by atoms with Crippen molar-refractivity contribution in [2.75, 3.05) is 6.26 Å². The molecule has 6 nitrogen and oxygen atoms in total. The fourth-order valence-corrected chi connectivity index (χ4v) is 2.32. The number of oxazole rings is 1. The van der Waals surface area contributed by atoms with Gasteiger partial charge >= 0.3 is 5.97 Å². The van der Waals surface area contributed by atoms with Gasteiger partial charge in [-0.3, -0.25) is 4.79 Å². The maximum Gasteiger partial charge on any atom is 0.303 e. The highest BCUT2D eigenvalue weighted by molar-refractivity contribution is 7.90. The first-order valence-corrected chi connectivity index (χ1v) is 7.57. The number of hydrogen-bond donors (Lipinski definition) is 1. The van der Waals surface area contributed by atoms with Gasteiger partial charge in [-0.05, 0) is 24.6 Å². The van der Waals surface area contributed by atoms with Crippen LogP contribution in [0, 0.1) is 0 Å². The second-order valence-corrected chi connectivity index (χ2v) is 6.27. The van der Waals surface area contributed by atoms with Gasteiger partial charge in [-0.15, -0.1) is 0 Å². The number of aryl methyl sites for hydroxylation is 1. The molecule has 0 radical (unpaired) electrons. The monoisotopic (exact) mass is 283 g/mol. The van der Waals surface area contributed by atoms with E-state index in [4.69, 9.17) is 9.52 Å². The summed E-state index contributed by atoms with van der Waals surface area (Å²) in [6.07, 6.45) is 2.02. The quantitative estimate of drug-likeness (QED) is 0.895. The summed E-state index contributed by atoms with van der Waals surface area (Å²) in [4.78, 5) is 14.7. The number of hydrogen-bond acceptors (Lipinski definition) is 5. The molecule has 0 saturated heterocycles. The van der Waals surface area contributed by atoms with Gasteiger partial charge in [0, 0.05) is 19.1 Å². The molecule has 0 saturated carbocycles. The highest BCUT2D eigenvalue weighted by Crippen LogP contribution is 2.20. The third-order valence-corrected chi connectivity index (χ3v) is 3.72. The van der Waals surface area contributed by atoms with Crippen molar-refractivity contribution >= 4 is 26.9 Å². The Balaban J connectivity index is 2.23. The normalized spacial score (nSPS) is 11.8. The Morgan fingerprint density at radius 2 is 2.16 bits per heavy atom. The zero-order valence-electron chi connectivity index (χ0n) is 10.3. The molecule has 0 spiro atoms. The van der Waals surface area contributed by atoms with E-state index >= 15 is 0 Å². The van der Waals surface area contributed by atoms with E-state index in [2.05, 4.69) is 4.98 Å². The molecule has 0 unspecified atom stereocenters. The number of benzene rings is 1. The van der Waals surface area contributed by atoms with E-state index in [1.807, 2.05) is 0 Å². The van der Waals surface area contributed by atoms with Gasteiger partial charge in [0.25, 0.3) is 0 Å². The number of nitrogens with zero attached hydrogens (tertiary/aromatic N) is 1. The number of sulfone groups is 1. The Morgan fingerprint density at radius 3 is 2.79 bits per heavy atom. The van der Waals surface area contributed by atoms with E-state index in [9.17, 15) is 13.2 Å². The Kier molecular flexibility index (Phi) is 3.57. The van der Waals surface area contributed by atoms with Crippen LogP contribution in [0.2, 0.25) is 0 Å². The molecule has 7 heteroatoms. The van der Waals surface area contributed by atoms with Crippen LogP contribution >= 0.6 is 0 Å². The molecule has 2 rings (SSSR count). The minimum atomic E-state index is -3.27. The van der Waals surface area contributed by atoms with Crippen LogP contribution in [-0.4, -0.2) is 30.7 Å². The summed E-state index contributed by atoms with van der Waals surface area (Å²) in [6.45, 7) is 0. The average molecular weight is 283 g/mol. The summed E-state index contributed by atoms with van der Waals surface area (Å²) in [7, 11) is -3.27. The maximum absolute atomic E-state index is 11.4. The lowest BCUT2D eigenvalue weighted by Crippen LogP contribution is -1.96. The smallest absolute Gasteiger partial charge is 0.303 e. The van der Waals surface area contributed by atoms with Crippen LogP contribution < -0.4 is 0 Å². The van der Waals surface area contributed by atoms with Crippen molar-refractivity contribution in [1.82, 2.24) is 4.98 Å². The number of aromatic nitrogens is 1. The molecule has 2 aromatic rings. The fourth-order valence-electron chi connectivity index (χ4n) is 1.68. The first-order chi connectivity index (χ1) is 8.86. The third-order valence-electron chi connectivity index (χ3n) is 2.61. The number of carbonyl (C=O) groups is 1. The molecule has 1 heterocycles. The molecule has 102 valence electrons. The van der Waals surface area contributed by atoms with Crippen molar-refractivity contribution in [2.24, 2.45) is 0 Å². The van der Waals surface area contributed by atoms with Crippen LogP contribution in [0.4, 0.5) is 0 Å². The van der Waals surface area contributed by atoms with Crippen LogP contribution in [0.5, 0.6) is 0 Å². The van der Waals surface area contributed by atoms with Gasteiger partial charge in [0.05, 0.1) is 4.90 Å². The lowest BCUT2D eigenvalue weighted by atomic mass is 10.2. The molecule has 0 aliphatic carbocycles. The highest BCUT2D eigenvalue weighted by Gasteiger charge is 2.12. The zero-order valence-corrected chi connectivity index (χ0v) is 11.1. The number of carboxylic acids is 1. The largest absolute Gasteiger partial charge is 0.481 e. The SMILES string of the molecule is CS(=O)(=O)c1ccc2oc(CCCC(=O)O)nc2c1. The van der Waals surface area contributed by atoms with Crippen molar-refractivity contribution in [3.05, 3.63) is 24.1 Å². The fraction of sp³-hybridized carbons (Fsp3) is 0.333. The predicted octanol–water partition coefficient (Wildman–Crippen LogP) is 1.64. The Morgan fingerprint density at radius 1 is 1.42 bits per heavy atom. The molecule has 0 fully saturated rings. The lowest BCUT2D eigenvalue weighted by molar-refractivity contribution is -0.137. The van der Waals surface area contributed by atoms with Crippen molar-refractivity contribution in [3.8, 4) is 0 Å². The van der Waals surface area contributed by atoms with E-state index in [1.54, 1.807) is 6.07 Å². The summed E-state index contributed by atoms with van der Waals surface area (Å²) >= 11 is 0. The molecule has 0 aliphatic rings. The average Bonchev–Trinajstić information content (AvgIpc) is 2.68. The molecular weight excluding hydrogens is 270 g/mol. The zero-order chi connectivity index (χ0) is 14.0. The molecule has 1 N–H and O–H groups in total. The Bertz CT molecular complexity index is 717. The van der Waals surface area contributed by atoms with E-state index in [-0.39, 0.29) is 11.3 Å². The molecule has 0 aliphatic heterocycles. The van der Waals surface area contributed by atoms with Crippen molar-refractivity contribution in [3.63, 3.8) is 0 Å². The number of aliphatic carboxylic acids is 1. The summed E-state index contributed by atoms with van der Waals surface area (Å²) in [5.74, 6) is -0.447. The van der Waals surface area contributed by atoms with Gasteiger partial charge < -0.3 is 9.52 Å². The van der Waals surface area contributed by atoms with E-state index in [0.29, 0.717) is 29.8 Å². The highest BCUT2D eigenvalue weighted by atomic mass is 32.2. The number of fused-ring (bicyclic) bond motifs is 1. The standard InChI is InChI=1S/C12H13NO5S/c1-19(16,17)8-5-6-10-9(7-8)13-11(18-10)3-2-4-12(14)15/h5-7H,2-4H2,1H3,(H,14,15). The first-order valence-electron chi connectivity index (χ1n) is 5.67. The van der Waals surface area contributed by atoms with E-state index in [0.717, 1.165) is 6.26 Å². The van der Waals surface area contributed by atoms with Gasteiger partial charge in [0.2, 0.25) is 0 Å². The van der Waals surface area contributed by atoms with Gasteiger partial charge in [-0.25, -0.2) is 13.4 Å². The molecule has 0 atom stereocenters. The molecular formula is C12H13NO5S. The van der Waals surface area contributed by atoms with Crippen molar-refractivity contribution in [1.29, 1.82) is 0 Å². The molecule has 0 amide bonds. The minimum absolute atomic E-state index is 0.0489. The Labute approximate surface area is 110 Å². The first kappa shape index (κ1) is 13.5. The second-order valence-electron chi connectivity index (χ2n) is 4.26. The molecule has 19 heavy (non-hydrogen) atoms. The van der Waals surface area contributed by atoms with E-state index in [1.165, 1.54) is 12.1 Å². The number of carboxylic acid groups (broad SMARTS) is 1. The number of rotatable bonds is 5. The third kappa shape index (κ3) is 3.31. The molecule has 1 aromatic carbocycles. The summed E-state index contributed by atoms with van der Waals surface area (Å²) < 4.78 is 28.2. The van der Waals surface area contributed by atoms with Crippen LogP contribution in [0.25, 0.3) is 11.1 Å². The van der Waals surface area contributed by atoms with Gasteiger partial charge in [-0.2, -0.15) is 0 Å². The summed E-state index contributed by atoms with van der Waals surface area (Å²) in [5.41, 5.74) is 0.964. The lowest BCUT2D eigenvalue weighted by Gasteiger charge is -1.95. The maximum atomic E-state index is 11.4. The van der Waals surface area contributed by atoms with Crippen molar-refractivity contribution < 1.29 is 22.7 Å². The van der Waals surface area contributed by atoms with Gasteiger partial charge in [0.15, 0.2) is 21.3 Å². The summed E-state index contributed by atoms with van der Waals surface area (Å²) in [6, 6.07) is 4.47. The van der Waals surface area contributed by atoms with Crippen molar-refractivity contribution in [2.45, 2.75) is 24.2 Å². The van der Waals surface area contributed by atoms with Gasteiger partial charge in [-0.1, -0.05) is 0 Å². The van der Waals surface area contributed by atoms with E-state index < -0.39 is 15.8 Å². The second kappa shape index (κ2) is 5.00. The molecule has 1 aromatic heterocycles.